The smallest absolute Gasteiger partial charge is 0.207 e. The molecule has 5 heteroatoms. The largest absolute Gasteiger partial charge is 0.366 e. The van der Waals surface area contributed by atoms with Gasteiger partial charge in [0.25, 0.3) is 0 Å². The zero-order chi connectivity index (χ0) is 18.9. The second-order valence-electron chi connectivity index (χ2n) is 7.04. The van der Waals surface area contributed by atoms with E-state index in [-0.39, 0.29) is 0 Å². The highest BCUT2D eigenvalue weighted by Crippen LogP contribution is 2.46. The summed E-state index contributed by atoms with van der Waals surface area (Å²) < 4.78 is 26.5. The highest BCUT2D eigenvalue weighted by atomic mass is 32.2. The second kappa shape index (κ2) is 7.23. The molecule has 1 fully saturated rings. The van der Waals surface area contributed by atoms with Crippen LogP contribution in [-0.2, 0) is 9.84 Å². The van der Waals surface area contributed by atoms with Crippen molar-refractivity contribution >= 4 is 21.9 Å². The van der Waals surface area contributed by atoms with E-state index in [1.54, 1.807) is 12.1 Å². The summed E-state index contributed by atoms with van der Waals surface area (Å²) in [6, 6.07) is 10.9. The molecule has 0 amide bonds. The van der Waals surface area contributed by atoms with Crippen LogP contribution in [0, 0.1) is 13.8 Å². The van der Waals surface area contributed by atoms with Gasteiger partial charge in [-0.25, -0.2) is 13.4 Å². The van der Waals surface area contributed by atoms with Crippen LogP contribution in [0.15, 0.2) is 51.2 Å². The number of aliphatic imine (C=N–C) groups is 1. The molecule has 0 radical (unpaired) electrons. The molecule has 26 heavy (non-hydrogen) atoms. The van der Waals surface area contributed by atoms with Crippen LogP contribution in [0.25, 0.3) is 0 Å². The zero-order valence-corrected chi connectivity index (χ0v) is 16.7. The maximum Gasteiger partial charge on any atom is 0.207 e. The molecule has 0 unspecified atom stereocenters. The fraction of sp³-hybridized carbons (Fsp3) is 0.381. The molecule has 0 aromatic heterocycles. The summed E-state index contributed by atoms with van der Waals surface area (Å²) in [5, 5.41) is 0. The Labute approximate surface area is 156 Å². The fourth-order valence-electron chi connectivity index (χ4n) is 3.03. The Morgan fingerprint density at radius 1 is 1.12 bits per heavy atom. The number of nitrogens with zero attached hydrogens (tertiary/aromatic N) is 2. The van der Waals surface area contributed by atoms with E-state index in [4.69, 9.17) is 0 Å². The van der Waals surface area contributed by atoms with Crippen LogP contribution in [0.2, 0.25) is 0 Å². The van der Waals surface area contributed by atoms with Crippen LogP contribution in [0.4, 0.5) is 5.69 Å². The topological polar surface area (TPSA) is 49.7 Å². The summed E-state index contributed by atoms with van der Waals surface area (Å²) in [5.41, 5.74) is 3.44. The van der Waals surface area contributed by atoms with Crippen molar-refractivity contribution in [2.45, 2.75) is 49.3 Å². The lowest BCUT2D eigenvalue weighted by Gasteiger charge is -2.15. The van der Waals surface area contributed by atoms with Gasteiger partial charge in [0, 0.05) is 13.6 Å². The molecule has 0 bridgehead atoms. The molecule has 2 aromatic carbocycles. The molecule has 0 aliphatic heterocycles. The lowest BCUT2D eigenvalue weighted by atomic mass is 10.1. The van der Waals surface area contributed by atoms with E-state index >= 15 is 0 Å². The summed E-state index contributed by atoms with van der Waals surface area (Å²) >= 11 is 0. The maximum absolute atomic E-state index is 13.2. The highest BCUT2D eigenvalue weighted by molar-refractivity contribution is 7.91. The number of hydrogen-bond donors (Lipinski definition) is 0. The molecule has 0 atom stereocenters. The van der Waals surface area contributed by atoms with Crippen LogP contribution in [0.1, 0.15) is 42.4 Å². The van der Waals surface area contributed by atoms with Crippen molar-refractivity contribution < 1.29 is 8.42 Å². The molecule has 2 aromatic rings. The fourth-order valence-corrected chi connectivity index (χ4v) is 4.78. The molecule has 1 saturated carbocycles. The molecular formula is C21H26N2O2S. The Bertz CT molecular complexity index is 944. The van der Waals surface area contributed by atoms with Crippen molar-refractivity contribution in [2.24, 2.45) is 4.99 Å². The first-order chi connectivity index (χ1) is 12.3. The Hall–Kier alpha value is -2.14. The molecule has 0 heterocycles. The Morgan fingerprint density at radius 3 is 2.42 bits per heavy atom. The summed E-state index contributed by atoms with van der Waals surface area (Å²) in [5.74, 6) is 0.417. The van der Waals surface area contributed by atoms with E-state index in [2.05, 4.69) is 11.9 Å². The zero-order valence-electron chi connectivity index (χ0n) is 15.9. The highest BCUT2D eigenvalue weighted by Gasteiger charge is 2.30. The van der Waals surface area contributed by atoms with Crippen molar-refractivity contribution in [2.75, 3.05) is 13.6 Å². The minimum Gasteiger partial charge on any atom is -0.366 e. The SMILES string of the molecule is CCN(C)C=Nc1cc(C)c(S(=O)(=O)c2ccccc2C)cc1C1CC1. The first-order valence-electron chi connectivity index (χ1n) is 9.04. The molecule has 3 rings (SSSR count). The normalized spacial score (nSPS) is 14.8. The van der Waals surface area contributed by atoms with Gasteiger partial charge in [-0.3, -0.25) is 0 Å². The van der Waals surface area contributed by atoms with Crippen molar-refractivity contribution in [1.82, 2.24) is 4.90 Å². The van der Waals surface area contributed by atoms with Gasteiger partial charge in [0.2, 0.25) is 9.84 Å². The Balaban J connectivity index is 2.11. The third-order valence-electron chi connectivity index (χ3n) is 4.91. The monoisotopic (exact) mass is 370 g/mol. The van der Waals surface area contributed by atoms with Crippen LogP contribution >= 0.6 is 0 Å². The second-order valence-corrected chi connectivity index (χ2v) is 8.92. The number of aryl methyl sites for hydroxylation is 2. The van der Waals surface area contributed by atoms with Gasteiger partial charge in [0.1, 0.15) is 0 Å². The predicted octanol–water partition coefficient (Wildman–Crippen LogP) is 4.63. The van der Waals surface area contributed by atoms with E-state index in [0.717, 1.165) is 41.8 Å². The lowest BCUT2D eigenvalue weighted by molar-refractivity contribution is 0.552. The standard InChI is InChI=1S/C21H26N2O2S/c1-5-23(4)14-22-19-12-16(3)21(13-18(19)17-10-11-17)26(24,25)20-9-7-6-8-15(20)2/h6-9,12-14,17H,5,10-11H2,1-4H3. The average molecular weight is 371 g/mol. The van der Waals surface area contributed by atoms with Crippen molar-refractivity contribution in [1.29, 1.82) is 0 Å². The van der Waals surface area contributed by atoms with E-state index in [9.17, 15) is 8.42 Å². The summed E-state index contributed by atoms with van der Waals surface area (Å²) in [7, 11) is -1.57. The Morgan fingerprint density at radius 2 is 1.81 bits per heavy atom. The van der Waals surface area contributed by atoms with Crippen LogP contribution in [0.5, 0.6) is 0 Å². The van der Waals surface area contributed by atoms with Gasteiger partial charge in [-0.2, -0.15) is 0 Å². The van der Waals surface area contributed by atoms with E-state index in [1.807, 2.05) is 56.4 Å². The molecule has 1 aliphatic rings. The third-order valence-corrected chi connectivity index (χ3v) is 6.96. The number of rotatable bonds is 6. The van der Waals surface area contributed by atoms with Crippen molar-refractivity contribution in [3.63, 3.8) is 0 Å². The minimum absolute atomic E-state index is 0.381. The predicted molar refractivity (Wildman–Crippen MR) is 106 cm³/mol. The van der Waals surface area contributed by atoms with Crippen molar-refractivity contribution in [3.05, 3.63) is 53.1 Å². The quantitative estimate of drug-likeness (QED) is 0.550. The number of benzene rings is 2. The number of hydrogen-bond acceptors (Lipinski definition) is 3. The van der Waals surface area contributed by atoms with Crippen molar-refractivity contribution in [3.8, 4) is 0 Å². The third kappa shape index (κ3) is 3.68. The van der Waals surface area contributed by atoms with E-state index in [0.29, 0.717) is 15.7 Å². The van der Waals surface area contributed by atoms with Gasteiger partial charge < -0.3 is 4.90 Å². The molecule has 0 spiro atoms. The summed E-state index contributed by atoms with van der Waals surface area (Å²) in [6.07, 6.45) is 4.01. The first kappa shape index (κ1) is 18.6. The summed E-state index contributed by atoms with van der Waals surface area (Å²) in [4.78, 5) is 7.40. The summed E-state index contributed by atoms with van der Waals surface area (Å²) in [6.45, 7) is 6.63. The molecule has 0 N–H and O–H groups in total. The lowest BCUT2D eigenvalue weighted by Crippen LogP contribution is -2.14. The molecule has 138 valence electrons. The maximum atomic E-state index is 13.2. The minimum atomic E-state index is -3.54. The van der Waals surface area contributed by atoms with Gasteiger partial charge in [0.05, 0.1) is 21.8 Å². The van der Waals surface area contributed by atoms with Gasteiger partial charge in [0.15, 0.2) is 0 Å². The Kier molecular flexibility index (Phi) is 5.19. The van der Waals surface area contributed by atoms with E-state index < -0.39 is 9.84 Å². The number of sulfone groups is 1. The average Bonchev–Trinajstić information content (AvgIpc) is 3.44. The van der Waals surface area contributed by atoms with Crippen LogP contribution in [-0.4, -0.2) is 33.2 Å². The van der Waals surface area contributed by atoms with Gasteiger partial charge in [-0.15, -0.1) is 0 Å². The van der Waals surface area contributed by atoms with Crippen LogP contribution in [0.3, 0.4) is 0 Å². The van der Waals surface area contributed by atoms with Crippen LogP contribution < -0.4 is 0 Å². The molecule has 4 nitrogen and oxygen atoms in total. The molecule has 0 saturated heterocycles. The van der Waals surface area contributed by atoms with E-state index in [1.165, 1.54) is 0 Å². The molecular weight excluding hydrogens is 344 g/mol. The first-order valence-corrected chi connectivity index (χ1v) is 10.5. The molecule has 1 aliphatic carbocycles. The van der Waals surface area contributed by atoms with Gasteiger partial charge in [-0.05, 0) is 74.4 Å². The van der Waals surface area contributed by atoms with Gasteiger partial charge >= 0.3 is 0 Å². The van der Waals surface area contributed by atoms with Gasteiger partial charge in [-0.1, -0.05) is 18.2 Å².